The lowest BCUT2D eigenvalue weighted by Crippen LogP contribution is -2.03. The number of nitrogens with zero attached hydrogens (tertiary/aromatic N) is 2. The predicted octanol–water partition coefficient (Wildman–Crippen LogP) is 4.68. The van der Waals surface area contributed by atoms with E-state index in [4.69, 9.17) is 16.3 Å². The van der Waals surface area contributed by atoms with Gasteiger partial charge in [0.2, 0.25) is 0 Å². The fraction of sp³-hybridized carbons (Fsp3) is 0.167. The SMILES string of the molecule is COc1ccc(-n2nc(C(F)F)cc2-c2ccc(S(C)(=O)=O)c(F)c2)cc1Cl. The molecule has 0 fully saturated rings. The number of hydrogen-bond donors (Lipinski definition) is 0. The zero-order valence-electron chi connectivity index (χ0n) is 14.7. The quantitative estimate of drug-likeness (QED) is 0.589. The molecule has 0 radical (unpaired) electrons. The maximum Gasteiger partial charge on any atom is 0.282 e. The number of halogens is 4. The number of sulfone groups is 1. The molecule has 0 amide bonds. The third-order valence-corrected chi connectivity index (χ3v) is 5.38. The smallest absolute Gasteiger partial charge is 0.282 e. The summed E-state index contributed by atoms with van der Waals surface area (Å²) in [5.41, 5.74) is 0.154. The number of aromatic nitrogens is 2. The van der Waals surface area contributed by atoms with E-state index in [0.29, 0.717) is 11.4 Å². The lowest BCUT2D eigenvalue weighted by molar-refractivity contribution is 0.145. The Labute approximate surface area is 164 Å². The summed E-state index contributed by atoms with van der Waals surface area (Å²) in [6, 6.07) is 9.04. The van der Waals surface area contributed by atoms with Gasteiger partial charge in [0.25, 0.3) is 6.43 Å². The third-order valence-electron chi connectivity index (χ3n) is 3.96. The van der Waals surface area contributed by atoms with Gasteiger partial charge in [-0.1, -0.05) is 17.7 Å². The van der Waals surface area contributed by atoms with Crippen LogP contribution in [0.3, 0.4) is 0 Å². The van der Waals surface area contributed by atoms with Crippen molar-refractivity contribution < 1.29 is 26.3 Å². The van der Waals surface area contributed by atoms with Crippen molar-refractivity contribution in [2.24, 2.45) is 0 Å². The van der Waals surface area contributed by atoms with Crippen molar-refractivity contribution in [2.45, 2.75) is 11.3 Å². The Balaban J connectivity index is 2.19. The van der Waals surface area contributed by atoms with Crippen molar-refractivity contribution in [3.63, 3.8) is 0 Å². The van der Waals surface area contributed by atoms with Gasteiger partial charge in [-0.3, -0.25) is 0 Å². The highest BCUT2D eigenvalue weighted by Gasteiger charge is 2.21. The average Bonchev–Trinajstić information content (AvgIpc) is 3.06. The van der Waals surface area contributed by atoms with E-state index in [1.165, 1.54) is 23.9 Å². The fourth-order valence-corrected chi connectivity index (χ4v) is 3.64. The summed E-state index contributed by atoms with van der Waals surface area (Å²) in [6.07, 6.45) is -1.97. The van der Waals surface area contributed by atoms with E-state index < -0.39 is 32.7 Å². The Kier molecular flexibility index (Phi) is 5.40. The average molecular weight is 431 g/mol. The van der Waals surface area contributed by atoms with Gasteiger partial charge in [-0.25, -0.2) is 26.3 Å². The molecule has 0 saturated heterocycles. The van der Waals surface area contributed by atoms with E-state index in [1.54, 1.807) is 12.1 Å². The molecule has 10 heteroatoms. The van der Waals surface area contributed by atoms with Crippen LogP contribution in [0.25, 0.3) is 16.9 Å². The summed E-state index contributed by atoms with van der Waals surface area (Å²) in [5.74, 6) is -0.601. The van der Waals surface area contributed by atoms with Crippen LogP contribution >= 0.6 is 11.6 Å². The van der Waals surface area contributed by atoms with Crippen LogP contribution in [0.5, 0.6) is 5.75 Å². The maximum atomic E-state index is 14.3. The molecule has 0 aliphatic heterocycles. The maximum absolute atomic E-state index is 14.3. The zero-order chi connectivity index (χ0) is 20.6. The summed E-state index contributed by atoms with van der Waals surface area (Å²) in [7, 11) is -2.33. The Bertz CT molecular complexity index is 1150. The Hall–Kier alpha value is -2.52. The molecule has 0 atom stereocenters. The second-order valence-corrected chi connectivity index (χ2v) is 8.29. The first-order valence-electron chi connectivity index (χ1n) is 7.84. The Morgan fingerprint density at radius 1 is 1.14 bits per heavy atom. The van der Waals surface area contributed by atoms with Gasteiger partial charge in [0.05, 0.1) is 23.5 Å². The van der Waals surface area contributed by atoms with Gasteiger partial charge in [0, 0.05) is 11.8 Å². The highest BCUT2D eigenvalue weighted by atomic mass is 35.5. The second kappa shape index (κ2) is 7.48. The van der Waals surface area contributed by atoms with Crippen LogP contribution in [0.1, 0.15) is 12.1 Å². The number of rotatable bonds is 5. The highest BCUT2D eigenvalue weighted by Crippen LogP contribution is 2.32. The van der Waals surface area contributed by atoms with Crippen LogP contribution in [0.15, 0.2) is 47.4 Å². The van der Waals surface area contributed by atoms with Crippen molar-refractivity contribution in [1.29, 1.82) is 0 Å². The monoisotopic (exact) mass is 430 g/mol. The van der Waals surface area contributed by atoms with Gasteiger partial charge in [0.1, 0.15) is 22.2 Å². The summed E-state index contributed by atoms with van der Waals surface area (Å²) in [5, 5.41) is 4.12. The normalized spacial score (nSPS) is 11.8. The minimum atomic E-state index is -3.77. The topological polar surface area (TPSA) is 61.2 Å². The van der Waals surface area contributed by atoms with Crippen molar-refractivity contribution in [3.8, 4) is 22.7 Å². The summed E-state index contributed by atoms with van der Waals surface area (Å²) >= 11 is 6.10. The lowest BCUT2D eigenvalue weighted by atomic mass is 10.1. The first-order valence-corrected chi connectivity index (χ1v) is 10.1. The fourth-order valence-electron chi connectivity index (χ4n) is 2.66. The molecular weight excluding hydrogens is 417 g/mol. The summed E-state index contributed by atoms with van der Waals surface area (Å²) < 4.78 is 70.2. The molecule has 0 saturated carbocycles. The van der Waals surface area contributed by atoms with Crippen LogP contribution in [0.4, 0.5) is 13.2 Å². The highest BCUT2D eigenvalue weighted by molar-refractivity contribution is 7.90. The number of hydrogen-bond acceptors (Lipinski definition) is 4. The van der Waals surface area contributed by atoms with Gasteiger partial charge in [0.15, 0.2) is 9.84 Å². The molecule has 3 aromatic rings. The second-order valence-electron chi connectivity index (χ2n) is 5.90. The van der Waals surface area contributed by atoms with E-state index in [9.17, 15) is 21.6 Å². The predicted molar refractivity (Wildman–Crippen MR) is 98.6 cm³/mol. The standard InChI is InChI=1S/C18H14ClF3N2O3S/c1-27-16-5-4-11(8-12(16)19)24-15(9-14(23-24)18(21)22)10-3-6-17(13(20)7-10)28(2,25)26/h3-9,18H,1-2H3. The van der Waals surface area contributed by atoms with Crippen LogP contribution in [-0.4, -0.2) is 31.6 Å². The number of ether oxygens (including phenoxy) is 1. The molecule has 5 nitrogen and oxygen atoms in total. The molecule has 3 rings (SSSR count). The molecule has 0 aliphatic rings. The molecule has 28 heavy (non-hydrogen) atoms. The molecule has 1 heterocycles. The zero-order valence-corrected chi connectivity index (χ0v) is 16.2. The third kappa shape index (κ3) is 3.85. The molecule has 2 aromatic carbocycles. The minimum absolute atomic E-state index is 0.149. The minimum Gasteiger partial charge on any atom is -0.495 e. The Morgan fingerprint density at radius 2 is 1.86 bits per heavy atom. The van der Waals surface area contributed by atoms with Crippen molar-refractivity contribution in [1.82, 2.24) is 9.78 Å². The van der Waals surface area contributed by atoms with Gasteiger partial charge in [-0.15, -0.1) is 0 Å². The van der Waals surface area contributed by atoms with Gasteiger partial charge in [-0.2, -0.15) is 5.10 Å². The van der Waals surface area contributed by atoms with Gasteiger partial charge >= 0.3 is 0 Å². The molecule has 0 aliphatic carbocycles. The van der Waals surface area contributed by atoms with Crippen LogP contribution in [-0.2, 0) is 9.84 Å². The van der Waals surface area contributed by atoms with E-state index >= 15 is 0 Å². The van der Waals surface area contributed by atoms with Crippen molar-refractivity contribution in [2.75, 3.05) is 13.4 Å². The Morgan fingerprint density at radius 3 is 2.39 bits per heavy atom. The lowest BCUT2D eigenvalue weighted by Gasteiger charge is -2.11. The first kappa shape index (κ1) is 20.2. The van der Waals surface area contributed by atoms with Gasteiger partial charge < -0.3 is 4.74 Å². The summed E-state index contributed by atoms with van der Waals surface area (Å²) in [6.45, 7) is 0. The number of methoxy groups -OCH3 is 1. The molecular formula is C18H14ClF3N2O3S. The molecule has 0 N–H and O–H groups in total. The number of benzene rings is 2. The molecule has 0 bridgehead atoms. The van der Waals surface area contributed by atoms with Crippen LogP contribution < -0.4 is 4.74 Å². The largest absolute Gasteiger partial charge is 0.495 e. The van der Waals surface area contributed by atoms with Crippen molar-refractivity contribution in [3.05, 3.63) is 59.0 Å². The van der Waals surface area contributed by atoms with E-state index in [-0.39, 0.29) is 16.3 Å². The molecule has 0 spiro atoms. The molecule has 148 valence electrons. The van der Waals surface area contributed by atoms with Crippen LogP contribution in [0.2, 0.25) is 5.02 Å². The molecule has 0 unspecified atom stereocenters. The van der Waals surface area contributed by atoms with Crippen molar-refractivity contribution >= 4 is 21.4 Å². The molecule has 1 aromatic heterocycles. The first-order chi connectivity index (χ1) is 13.1. The summed E-state index contributed by atoms with van der Waals surface area (Å²) in [4.78, 5) is -0.483. The van der Waals surface area contributed by atoms with E-state index in [0.717, 1.165) is 24.5 Å². The van der Waals surface area contributed by atoms with E-state index in [1.807, 2.05) is 0 Å². The number of alkyl halides is 2. The van der Waals surface area contributed by atoms with Gasteiger partial charge in [-0.05, 0) is 36.4 Å². The van der Waals surface area contributed by atoms with Crippen LogP contribution in [0, 0.1) is 5.82 Å². The van der Waals surface area contributed by atoms with E-state index in [2.05, 4.69) is 5.10 Å².